The molecule has 1 aliphatic rings. The van der Waals surface area contributed by atoms with Gasteiger partial charge in [-0.1, -0.05) is 35.7 Å². The first-order valence-electron chi connectivity index (χ1n) is 11.1. The van der Waals surface area contributed by atoms with E-state index >= 15 is 0 Å². The second-order valence-corrected chi connectivity index (χ2v) is 8.81. The molecule has 0 saturated heterocycles. The van der Waals surface area contributed by atoms with E-state index in [1.807, 2.05) is 6.07 Å². The Kier molecular flexibility index (Phi) is 9.33. The van der Waals surface area contributed by atoms with E-state index in [0.29, 0.717) is 5.56 Å². The number of nitrogens with zero attached hydrogens (tertiary/aromatic N) is 1. The van der Waals surface area contributed by atoms with Gasteiger partial charge in [0, 0.05) is 30.6 Å². The Morgan fingerprint density at radius 2 is 1.89 bits per heavy atom. The number of carbonyl (C=O) groups excluding carboxylic acids is 2. The lowest BCUT2D eigenvalue weighted by atomic mass is 10.1. The van der Waals surface area contributed by atoms with Crippen molar-refractivity contribution in [2.75, 3.05) is 23.7 Å². The van der Waals surface area contributed by atoms with Gasteiger partial charge in [0.2, 0.25) is 5.91 Å². The highest BCUT2D eigenvalue weighted by molar-refractivity contribution is 6.41. The Bertz CT molecular complexity index is 1150. The Labute approximate surface area is 212 Å². The number of amidine groups is 1. The maximum absolute atomic E-state index is 12.6. The van der Waals surface area contributed by atoms with Crippen molar-refractivity contribution in [1.29, 1.82) is 0 Å². The van der Waals surface area contributed by atoms with Crippen molar-refractivity contribution in [2.45, 2.75) is 38.5 Å². The SMILES string of the molecule is O=C(O)CCc1cc(Cl)c(NC(=O)CNC(=O)c2cccc(NC3=NCCCCC3)c2)c(Cl)c1O. The fourth-order valence-corrected chi connectivity index (χ4v) is 4.12. The van der Waals surface area contributed by atoms with Gasteiger partial charge in [0.1, 0.15) is 16.6 Å². The minimum atomic E-state index is -1.04. The van der Waals surface area contributed by atoms with Gasteiger partial charge in [0.15, 0.2) is 0 Å². The number of anilines is 2. The molecular formula is C24H26Cl2N4O5. The molecule has 0 saturated carbocycles. The van der Waals surface area contributed by atoms with E-state index in [2.05, 4.69) is 20.9 Å². The molecule has 1 aliphatic heterocycles. The largest absolute Gasteiger partial charge is 0.506 e. The summed E-state index contributed by atoms with van der Waals surface area (Å²) in [7, 11) is 0. The number of aliphatic carboxylic acids is 1. The number of rotatable bonds is 8. The van der Waals surface area contributed by atoms with Crippen LogP contribution in [0.1, 0.15) is 48.0 Å². The van der Waals surface area contributed by atoms with Crippen LogP contribution in [0, 0.1) is 0 Å². The van der Waals surface area contributed by atoms with E-state index in [4.69, 9.17) is 28.3 Å². The zero-order valence-electron chi connectivity index (χ0n) is 18.9. The fourth-order valence-electron chi connectivity index (χ4n) is 3.53. The minimum Gasteiger partial charge on any atom is -0.506 e. The van der Waals surface area contributed by atoms with Crippen molar-refractivity contribution in [1.82, 2.24) is 5.32 Å². The summed E-state index contributed by atoms with van der Waals surface area (Å²) in [5.41, 5.74) is 1.32. The Hall–Kier alpha value is -3.30. The second kappa shape index (κ2) is 12.4. The van der Waals surface area contributed by atoms with Crippen LogP contribution >= 0.6 is 23.2 Å². The number of aryl methyl sites for hydroxylation is 1. The normalized spacial score (nSPS) is 13.4. The van der Waals surface area contributed by atoms with Crippen molar-refractivity contribution in [3.8, 4) is 5.75 Å². The number of phenolic OH excluding ortho intramolecular Hbond substituents is 1. The predicted molar refractivity (Wildman–Crippen MR) is 136 cm³/mol. The average Bonchev–Trinajstić information content (AvgIpc) is 3.10. The van der Waals surface area contributed by atoms with E-state index in [1.165, 1.54) is 6.07 Å². The third kappa shape index (κ3) is 7.60. The zero-order valence-corrected chi connectivity index (χ0v) is 20.4. The molecule has 0 bridgehead atoms. The molecule has 11 heteroatoms. The van der Waals surface area contributed by atoms with Gasteiger partial charge in [-0.25, -0.2) is 0 Å². The van der Waals surface area contributed by atoms with Crippen LogP contribution in [0.2, 0.25) is 10.0 Å². The molecule has 0 radical (unpaired) electrons. The highest BCUT2D eigenvalue weighted by Crippen LogP contribution is 2.40. The molecule has 2 amide bonds. The first kappa shape index (κ1) is 26.3. The molecule has 0 spiro atoms. The number of phenols is 1. The number of aliphatic imine (C=N–C) groups is 1. The number of carboxylic acids is 1. The summed E-state index contributed by atoms with van der Waals surface area (Å²) in [6.07, 6.45) is 3.94. The van der Waals surface area contributed by atoms with Crippen LogP contribution in [0.5, 0.6) is 5.75 Å². The van der Waals surface area contributed by atoms with Crippen LogP contribution in [0.4, 0.5) is 11.4 Å². The molecule has 0 aliphatic carbocycles. The highest BCUT2D eigenvalue weighted by Gasteiger charge is 2.18. The Balaban J connectivity index is 1.59. The number of amides is 2. The third-order valence-corrected chi connectivity index (χ3v) is 6.01. The van der Waals surface area contributed by atoms with E-state index in [9.17, 15) is 19.5 Å². The van der Waals surface area contributed by atoms with E-state index in [-0.39, 0.29) is 46.4 Å². The van der Waals surface area contributed by atoms with Gasteiger partial charge in [-0.3, -0.25) is 19.4 Å². The molecule has 3 rings (SSSR count). The zero-order chi connectivity index (χ0) is 25.4. The van der Waals surface area contributed by atoms with E-state index < -0.39 is 17.8 Å². The molecule has 5 N–H and O–H groups in total. The molecule has 0 fully saturated rings. The van der Waals surface area contributed by atoms with Gasteiger partial charge in [0.25, 0.3) is 5.91 Å². The average molecular weight is 521 g/mol. The maximum atomic E-state index is 12.6. The molecule has 0 aromatic heterocycles. The highest BCUT2D eigenvalue weighted by atomic mass is 35.5. The standard InChI is InChI=1S/C24H26Cl2N4O5/c25-17-12-14(8-9-20(32)33)23(34)21(26)22(17)30-19(31)13-28-24(35)15-5-4-6-16(11-15)29-18-7-2-1-3-10-27-18/h4-6,11-12,34H,1-3,7-10,13H2,(H,27,29)(H,28,35)(H,30,31)(H,32,33). The number of benzene rings is 2. The summed E-state index contributed by atoms with van der Waals surface area (Å²) < 4.78 is 0. The number of hydrogen-bond donors (Lipinski definition) is 5. The summed E-state index contributed by atoms with van der Waals surface area (Å²) in [5.74, 6) is -1.56. The summed E-state index contributed by atoms with van der Waals surface area (Å²) in [6.45, 7) is 0.422. The number of aromatic hydroxyl groups is 1. The number of halogens is 2. The molecule has 2 aromatic carbocycles. The Morgan fingerprint density at radius 1 is 1.09 bits per heavy atom. The first-order chi connectivity index (χ1) is 16.7. The number of carboxylic acid groups (broad SMARTS) is 1. The van der Waals surface area contributed by atoms with Crippen molar-refractivity contribution < 1.29 is 24.6 Å². The van der Waals surface area contributed by atoms with Crippen LogP contribution in [0.15, 0.2) is 35.3 Å². The fraction of sp³-hybridized carbons (Fsp3) is 0.333. The predicted octanol–water partition coefficient (Wildman–Crippen LogP) is 4.47. The van der Waals surface area contributed by atoms with Crippen LogP contribution < -0.4 is 16.0 Å². The van der Waals surface area contributed by atoms with E-state index in [0.717, 1.165) is 43.8 Å². The summed E-state index contributed by atoms with van der Waals surface area (Å²) in [4.78, 5) is 40.3. The van der Waals surface area contributed by atoms with Crippen LogP contribution in [-0.2, 0) is 16.0 Å². The first-order valence-corrected chi connectivity index (χ1v) is 11.9. The van der Waals surface area contributed by atoms with Crippen LogP contribution in [0.3, 0.4) is 0 Å². The Morgan fingerprint density at radius 3 is 2.66 bits per heavy atom. The lowest BCUT2D eigenvalue weighted by Crippen LogP contribution is -2.33. The number of carbonyl (C=O) groups is 3. The molecule has 1 heterocycles. The van der Waals surface area contributed by atoms with Gasteiger partial charge in [0.05, 0.1) is 17.3 Å². The molecule has 0 unspecified atom stereocenters. The molecular weight excluding hydrogens is 495 g/mol. The lowest BCUT2D eigenvalue weighted by molar-refractivity contribution is -0.137. The van der Waals surface area contributed by atoms with Crippen LogP contribution in [-0.4, -0.2) is 46.9 Å². The van der Waals surface area contributed by atoms with Gasteiger partial charge < -0.3 is 26.2 Å². The minimum absolute atomic E-state index is 0.0200. The summed E-state index contributed by atoms with van der Waals surface area (Å²) >= 11 is 12.3. The van der Waals surface area contributed by atoms with Crippen LogP contribution in [0.25, 0.3) is 0 Å². The van der Waals surface area contributed by atoms with Gasteiger partial charge in [-0.2, -0.15) is 0 Å². The summed E-state index contributed by atoms with van der Waals surface area (Å²) in [5, 5.41) is 27.1. The number of hydrogen-bond acceptors (Lipinski definition) is 6. The topological polar surface area (TPSA) is 140 Å². The molecule has 9 nitrogen and oxygen atoms in total. The molecule has 2 aromatic rings. The quantitative estimate of drug-likeness (QED) is 0.347. The van der Waals surface area contributed by atoms with E-state index in [1.54, 1.807) is 18.2 Å². The van der Waals surface area contributed by atoms with Gasteiger partial charge >= 0.3 is 5.97 Å². The van der Waals surface area contributed by atoms with Crippen molar-refractivity contribution >= 4 is 58.2 Å². The smallest absolute Gasteiger partial charge is 0.303 e. The van der Waals surface area contributed by atoms with Crippen molar-refractivity contribution in [2.24, 2.45) is 4.99 Å². The van der Waals surface area contributed by atoms with Crippen molar-refractivity contribution in [3.63, 3.8) is 0 Å². The van der Waals surface area contributed by atoms with Gasteiger partial charge in [-0.15, -0.1) is 0 Å². The van der Waals surface area contributed by atoms with Crippen molar-refractivity contribution in [3.05, 3.63) is 51.5 Å². The second-order valence-electron chi connectivity index (χ2n) is 8.02. The molecule has 186 valence electrons. The molecule has 35 heavy (non-hydrogen) atoms. The lowest BCUT2D eigenvalue weighted by Gasteiger charge is -2.14. The summed E-state index contributed by atoms with van der Waals surface area (Å²) in [6, 6.07) is 8.24. The maximum Gasteiger partial charge on any atom is 0.303 e. The molecule has 0 atom stereocenters. The van der Waals surface area contributed by atoms with Gasteiger partial charge in [-0.05, 0) is 49.1 Å². The third-order valence-electron chi connectivity index (χ3n) is 5.34. The monoisotopic (exact) mass is 520 g/mol. The number of nitrogens with one attached hydrogen (secondary N) is 3.